The largest absolute Gasteiger partial charge is 0.337 e. The first kappa shape index (κ1) is 14.7. The lowest BCUT2D eigenvalue weighted by molar-refractivity contribution is 0.0687. The van der Waals surface area contributed by atoms with Crippen molar-refractivity contribution in [2.75, 3.05) is 19.6 Å². The molecule has 1 amide bonds. The Labute approximate surface area is 128 Å². The molecule has 2 heterocycles. The number of amides is 1. The second-order valence-corrected chi connectivity index (χ2v) is 5.59. The lowest BCUT2D eigenvalue weighted by Crippen LogP contribution is -2.40. The van der Waals surface area contributed by atoms with Crippen molar-refractivity contribution < 1.29 is 9.18 Å². The molecule has 1 saturated heterocycles. The van der Waals surface area contributed by atoms with E-state index in [9.17, 15) is 9.18 Å². The summed E-state index contributed by atoms with van der Waals surface area (Å²) in [5, 5.41) is 4.30. The summed E-state index contributed by atoms with van der Waals surface area (Å²) in [5.41, 5.74) is 6.81. The molecule has 116 valence electrons. The van der Waals surface area contributed by atoms with Crippen LogP contribution in [-0.2, 0) is 0 Å². The van der Waals surface area contributed by atoms with Gasteiger partial charge in [0.1, 0.15) is 5.82 Å². The Morgan fingerprint density at radius 3 is 2.55 bits per heavy atom. The van der Waals surface area contributed by atoms with Crippen molar-refractivity contribution in [3.05, 3.63) is 48.0 Å². The van der Waals surface area contributed by atoms with E-state index >= 15 is 0 Å². The molecule has 22 heavy (non-hydrogen) atoms. The van der Waals surface area contributed by atoms with Crippen LogP contribution in [0, 0.1) is 11.7 Å². The van der Waals surface area contributed by atoms with E-state index in [1.807, 2.05) is 4.90 Å². The van der Waals surface area contributed by atoms with Crippen molar-refractivity contribution in [1.82, 2.24) is 14.7 Å². The van der Waals surface area contributed by atoms with Crippen molar-refractivity contribution in [3.8, 4) is 5.69 Å². The molecule has 1 fully saturated rings. The van der Waals surface area contributed by atoms with Crippen LogP contribution in [-0.4, -0.2) is 40.2 Å². The molecule has 0 spiro atoms. The van der Waals surface area contributed by atoms with Gasteiger partial charge in [0.2, 0.25) is 0 Å². The minimum atomic E-state index is -0.296. The number of halogens is 1. The van der Waals surface area contributed by atoms with Crippen LogP contribution >= 0.6 is 0 Å². The Kier molecular flexibility index (Phi) is 4.20. The zero-order valence-electron chi connectivity index (χ0n) is 12.3. The highest BCUT2D eigenvalue weighted by atomic mass is 19.1. The maximum atomic E-state index is 12.9. The van der Waals surface area contributed by atoms with Gasteiger partial charge in [0.05, 0.1) is 5.69 Å². The molecule has 0 bridgehead atoms. The molecule has 0 atom stereocenters. The third kappa shape index (κ3) is 3.01. The van der Waals surface area contributed by atoms with Gasteiger partial charge in [-0.1, -0.05) is 0 Å². The molecule has 1 aromatic heterocycles. The average Bonchev–Trinajstić information content (AvgIpc) is 3.05. The quantitative estimate of drug-likeness (QED) is 0.940. The van der Waals surface area contributed by atoms with Crippen LogP contribution in [0.4, 0.5) is 4.39 Å². The highest BCUT2D eigenvalue weighted by Gasteiger charge is 2.24. The molecule has 3 rings (SSSR count). The Hall–Kier alpha value is -2.21. The number of nitrogens with zero attached hydrogens (tertiary/aromatic N) is 3. The SMILES string of the molecule is NCC1CCN(C(=O)c2ccn(-c3ccc(F)cc3)n2)CC1. The highest BCUT2D eigenvalue weighted by Crippen LogP contribution is 2.18. The summed E-state index contributed by atoms with van der Waals surface area (Å²) < 4.78 is 14.5. The van der Waals surface area contributed by atoms with Gasteiger partial charge in [0.15, 0.2) is 5.69 Å². The minimum Gasteiger partial charge on any atom is -0.337 e. The van der Waals surface area contributed by atoms with E-state index in [-0.39, 0.29) is 11.7 Å². The van der Waals surface area contributed by atoms with Gasteiger partial charge in [-0.2, -0.15) is 5.10 Å². The van der Waals surface area contributed by atoms with Gasteiger partial charge in [0.25, 0.3) is 5.91 Å². The Bertz CT molecular complexity index is 644. The molecule has 5 nitrogen and oxygen atoms in total. The first-order valence-corrected chi connectivity index (χ1v) is 7.48. The molecule has 1 aliphatic rings. The van der Waals surface area contributed by atoms with E-state index < -0.39 is 0 Å². The van der Waals surface area contributed by atoms with E-state index in [0.717, 1.165) is 31.6 Å². The van der Waals surface area contributed by atoms with E-state index in [1.54, 1.807) is 29.1 Å². The van der Waals surface area contributed by atoms with Crippen LogP contribution in [0.2, 0.25) is 0 Å². The number of carbonyl (C=O) groups excluding carboxylic acids is 1. The summed E-state index contributed by atoms with van der Waals surface area (Å²) in [6, 6.07) is 7.69. The van der Waals surface area contributed by atoms with Gasteiger partial charge < -0.3 is 10.6 Å². The summed E-state index contributed by atoms with van der Waals surface area (Å²) in [4.78, 5) is 14.3. The topological polar surface area (TPSA) is 64.2 Å². The number of piperidine rings is 1. The zero-order chi connectivity index (χ0) is 15.5. The zero-order valence-corrected chi connectivity index (χ0v) is 12.3. The predicted octanol–water partition coefficient (Wildman–Crippen LogP) is 1.82. The predicted molar refractivity (Wildman–Crippen MR) is 81.2 cm³/mol. The first-order valence-electron chi connectivity index (χ1n) is 7.48. The van der Waals surface area contributed by atoms with Crippen LogP contribution in [0.3, 0.4) is 0 Å². The Morgan fingerprint density at radius 1 is 1.23 bits per heavy atom. The van der Waals surface area contributed by atoms with E-state index in [4.69, 9.17) is 5.73 Å². The van der Waals surface area contributed by atoms with E-state index in [0.29, 0.717) is 18.2 Å². The highest BCUT2D eigenvalue weighted by molar-refractivity contribution is 5.92. The summed E-state index contributed by atoms with van der Waals surface area (Å²) >= 11 is 0. The lowest BCUT2D eigenvalue weighted by atomic mass is 9.97. The van der Waals surface area contributed by atoms with Crippen LogP contribution in [0.5, 0.6) is 0 Å². The minimum absolute atomic E-state index is 0.0590. The fourth-order valence-electron chi connectivity index (χ4n) is 2.71. The average molecular weight is 302 g/mol. The number of benzene rings is 1. The van der Waals surface area contributed by atoms with Gasteiger partial charge >= 0.3 is 0 Å². The molecular formula is C16H19FN4O. The van der Waals surface area contributed by atoms with Crippen LogP contribution < -0.4 is 5.73 Å². The van der Waals surface area contributed by atoms with Crippen LogP contribution in [0.25, 0.3) is 5.69 Å². The third-order valence-corrected chi connectivity index (χ3v) is 4.13. The fourth-order valence-corrected chi connectivity index (χ4v) is 2.71. The summed E-state index contributed by atoms with van der Waals surface area (Å²) in [5.74, 6) is 0.159. The van der Waals surface area contributed by atoms with Crippen molar-refractivity contribution in [3.63, 3.8) is 0 Å². The van der Waals surface area contributed by atoms with Crippen molar-refractivity contribution in [2.45, 2.75) is 12.8 Å². The molecule has 2 N–H and O–H groups in total. The number of carbonyl (C=O) groups is 1. The normalized spacial score (nSPS) is 16.0. The molecule has 6 heteroatoms. The number of nitrogens with two attached hydrogens (primary N) is 1. The van der Waals surface area contributed by atoms with E-state index in [2.05, 4.69) is 5.10 Å². The number of aromatic nitrogens is 2. The third-order valence-electron chi connectivity index (χ3n) is 4.13. The van der Waals surface area contributed by atoms with Gasteiger partial charge in [-0.3, -0.25) is 4.79 Å². The monoisotopic (exact) mass is 302 g/mol. The summed E-state index contributed by atoms with van der Waals surface area (Å²) in [6.45, 7) is 2.13. The van der Waals surface area contributed by atoms with Gasteiger partial charge in [-0.25, -0.2) is 9.07 Å². The Morgan fingerprint density at radius 2 is 1.91 bits per heavy atom. The summed E-state index contributed by atoms with van der Waals surface area (Å²) in [6.07, 6.45) is 3.61. The van der Waals surface area contributed by atoms with E-state index in [1.165, 1.54) is 12.1 Å². The first-order chi connectivity index (χ1) is 10.7. The molecule has 0 radical (unpaired) electrons. The van der Waals surface area contributed by atoms with Crippen molar-refractivity contribution >= 4 is 5.91 Å². The number of hydrogen-bond acceptors (Lipinski definition) is 3. The van der Waals surface area contributed by atoms with Crippen molar-refractivity contribution in [1.29, 1.82) is 0 Å². The molecule has 0 aliphatic carbocycles. The van der Waals surface area contributed by atoms with Crippen LogP contribution in [0.15, 0.2) is 36.5 Å². The molecule has 1 aromatic carbocycles. The fraction of sp³-hybridized carbons (Fsp3) is 0.375. The van der Waals surface area contributed by atoms with Gasteiger partial charge in [0, 0.05) is 19.3 Å². The molecule has 0 saturated carbocycles. The maximum Gasteiger partial charge on any atom is 0.274 e. The van der Waals surface area contributed by atoms with Crippen molar-refractivity contribution in [2.24, 2.45) is 11.7 Å². The number of likely N-dealkylation sites (tertiary alicyclic amines) is 1. The second-order valence-electron chi connectivity index (χ2n) is 5.59. The smallest absolute Gasteiger partial charge is 0.274 e. The maximum absolute atomic E-state index is 12.9. The molecule has 1 aliphatic heterocycles. The Balaban J connectivity index is 1.71. The summed E-state index contributed by atoms with van der Waals surface area (Å²) in [7, 11) is 0. The van der Waals surface area contributed by atoms with Gasteiger partial charge in [-0.15, -0.1) is 0 Å². The molecule has 2 aromatic rings. The second kappa shape index (κ2) is 6.27. The number of hydrogen-bond donors (Lipinski definition) is 1. The van der Waals surface area contributed by atoms with Gasteiger partial charge in [-0.05, 0) is 55.6 Å². The van der Waals surface area contributed by atoms with Crippen LogP contribution in [0.1, 0.15) is 23.3 Å². The standard InChI is InChI=1S/C16H19FN4O/c17-13-1-3-14(4-2-13)21-10-7-15(19-21)16(22)20-8-5-12(11-18)6-9-20/h1-4,7,10,12H,5-6,8-9,11,18H2. The number of rotatable bonds is 3. The lowest BCUT2D eigenvalue weighted by Gasteiger charge is -2.30. The molecular weight excluding hydrogens is 283 g/mol. The molecule has 0 unspecified atom stereocenters.